The van der Waals surface area contributed by atoms with E-state index in [-0.39, 0.29) is 17.1 Å². The molecule has 41 heavy (non-hydrogen) atoms. The minimum absolute atomic E-state index is 0.152. The van der Waals surface area contributed by atoms with Crippen molar-refractivity contribution in [2.45, 2.75) is 84.3 Å². The van der Waals surface area contributed by atoms with Crippen LogP contribution in [0.3, 0.4) is 0 Å². The Labute approximate surface area is 254 Å². The lowest BCUT2D eigenvalue weighted by Gasteiger charge is -2.44. The summed E-state index contributed by atoms with van der Waals surface area (Å²) in [6, 6.07) is 11.9. The molecule has 1 aliphatic heterocycles. The Morgan fingerprint density at radius 1 is 1.17 bits per heavy atom. The van der Waals surface area contributed by atoms with E-state index in [0.717, 1.165) is 55.2 Å². The maximum Gasteiger partial charge on any atom is 0.263 e. The Hall–Kier alpha value is -2.31. The number of nitrogens with one attached hydrogen (secondary N) is 1. The second-order valence-corrected chi connectivity index (χ2v) is 14.1. The van der Waals surface area contributed by atoms with Gasteiger partial charge in [-0.1, -0.05) is 57.0 Å². The molecule has 1 fully saturated rings. The van der Waals surface area contributed by atoms with E-state index >= 15 is 0 Å². The van der Waals surface area contributed by atoms with Crippen molar-refractivity contribution >= 4 is 34.2 Å². The van der Waals surface area contributed by atoms with Crippen molar-refractivity contribution in [2.75, 3.05) is 24.6 Å². The molecule has 0 saturated heterocycles. The fourth-order valence-electron chi connectivity index (χ4n) is 6.28. The van der Waals surface area contributed by atoms with Gasteiger partial charge in [-0.2, -0.15) is 0 Å². The fourth-order valence-corrected chi connectivity index (χ4v) is 7.01. The van der Waals surface area contributed by atoms with Gasteiger partial charge in [0.1, 0.15) is 16.7 Å². The number of benzene rings is 2. The number of hydrogen-bond donors (Lipinski definition) is 1. The third-order valence-corrected chi connectivity index (χ3v) is 10.2. The number of allylic oxidation sites excluding steroid dienone is 2. The van der Waals surface area contributed by atoms with Crippen LogP contribution < -0.4 is 14.4 Å². The predicted molar refractivity (Wildman–Crippen MR) is 173 cm³/mol. The van der Waals surface area contributed by atoms with E-state index in [1.54, 1.807) is 6.07 Å². The third-order valence-electron chi connectivity index (χ3n) is 8.70. The van der Waals surface area contributed by atoms with E-state index in [1.165, 1.54) is 24.0 Å². The Kier molecular flexibility index (Phi) is 11.4. The summed E-state index contributed by atoms with van der Waals surface area (Å²) in [7, 11) is -1.43. The van der Waals surface area contributed by atoms with Crippen LogP contribution in [0.1, 0.15) is 94.1 Å². The molecule has 1 aliphatic carbocycles. The van der Waals surface area contributed by atoms with Crippen molar-refractivity contribution in [2.24, 2.45) is 17.8 Å². The van der Waals surface area contributed by atoms with Gasteiger partial charge in [-0.05, 0) is 105 Å². The van der Waals surface area contributed by atoms with Crippen LogP contribution >= 0.6 is 11.6 Å². The lowest BCUT2D eigenvalue weighted by Crippen LogP contribution is -2.42. The van der Waals surface area contributed by atoms with Gasteiger partial charge in [0.25, 0.3) is 5.91 Å². The van der Waals surface area contributed by atoms with Crippen LogP contribution in [0.5, 0.6) is 5.75 Å². The van der Waals surface area contributed by atoms with E-state index in [1.807, 2.05) is 32.0 Å². The number of fused-ring (bicyclic) bond motifs is 1. The van der Waals surface area contributed by atoms with Gasteiger partial charge in [-0.25, -0.2) is 4.21 Å². The molecule has 2 aliphatic rings. The molecule has 1 saturated carbocycles. The molecule has 224 valence electrons. The molecule has 5 nitrogen and oxygen atoms in total. The zero-order chi connectivity index (χ0) is 29.5. The highest BCUT2D eigenvalue weighted by Crippen LogP contribution is 2.45. The summed E-state index contributed by atoms with van der Waals surface area (Å²) in [5.74, 6) is 2.50. The number of carbonyl (C=O) groups is 1. The first-order chi connectivity index (χ1) is 19.7. The number of amides is 1. The van der Waals surface area contributed by atoms with Crippen LogP contribution in [0.4, 0.5) is 5.69 Å². The average Bonchev–Trinajstić information content (AvgIpc) is 3.12. The zero-order valence-electron chi connectivity index (χ0n) is 25.3. The molecule has 0 spiro atoms. The predicted octanol–water partition coefficient (Wildman–Crippen LogP) is 8.10. The van der Waals surface area contributed by atoms with Crippen LogP contribution in [0.25, 0.3) is 0 Å². The monoisotopic (exact) mass is 598 g/mol. The highest BCUT2D eigenvalue weighted by Gasteiger charge is 2.38. The molecule has 1 N–H and O–H groups in total. The molecule has 1 heterocycles. The van der Waals surface area contributed by atoms with Crippen molar-refractivity contribution in [3.05, 3.63) is 70.3 Å². The van der Waals surface area contributed by atoms with E-state index < -0.39 is 11.0 Å². The quantitative estimate of drug-likeness (QED) is 0.251. The third kappa shape index (κ3) is 7.75. The minimum atomic E-state index is -1.43. The number of anilines is 1. The molecule has 4 rings (SSSR count). The first-order valence-electron chi connectivity index (χ1n) is 15.4. The van der Waals surface area contributed by atoms with Crippen molar-refractivity contribution in [3.63, 3.8) is 0 Å². The summed E-state index contributed by atoms with van der Waals surface area (Å²) in [6.45, 7) is 12.7. The van der Waals surface area contributed by atoms with Gasteiger partial charge in [0.05, 0.1) is 12.3 Å². The van der Waals surface area contributed by atoms with Crippen molar-refractivity contribution in [1.29, 1.82) is 0 Å². The molecule has 0 radical (unpaired) electrons. The van der Waals surface area contributed by atoms with E-state index in [0.29, 0.717) is 29.9 Å². The Morgan fingerprint density at radius 2 is 1.98 bits per heavy atom. The number of hydrogen-bond acceptors (Lipinski definition) is 4. The highest BCUT2D eigenvalue weighted by molar-refractivity contribution is 7.84. The van der Waals surface area contributed by atoms with Crippen LogP contribution in [-0.4, -0.2) is 35.1 Å². The number of aryl methyl sites for hydroxylation is 1. The molecule has 2 aromatic carbocycles. The first-order valence-corrected chi connectivity index (χ1v) is 17.0. The van der Waals surface area contributed by atoms with Crippen LogP contribution in [0, 0.1) is 17.8 Å². The second-order valence-electron chi connectivity index (χ2n) is 11.9. The summed E-state index contributed by atoms with van der Waals surface area (Å²) < 4.78 is 21.5. The second kappa shape index (κ2) is 14.7. The zero-order valence-corrected chi connectivity index (χ0v) is 26.9. The number of rotatable bonds is 12. The molecular weight excluding hydrogens is 552 g/mol. The van der Waals surface area contributed by atoms with Crippen LogP contribution in [0.2, 0.25) is 5.02 Å². The molecule has 5 atom stereocenters. The molecular formula is C34H47ClN2O3S. The summed E-state index contributed by atoms with van der Waals surface area (Å²) in [5.41, 5.74) is 4.03. The smallest absolute Gasteiger partial charge is 0.263 e. The number of carbonyl (C=O) groups excluding carboxylic acids is 1. The summed E-state index contributed by atoms with van der Waals surface area (Å²) in [5, 5.41) is 0.616. The Morgan fingerprint density at radius 3 is 2.63 bits per heavy atom. The highest BCUT2D eigenvalue weighted by atomic mass is 35.5. The summed E-state index contributed by atoms with van der Waals surface area (Å²) in [6.07, 6.45) is 11.5. The van der Waals surface area contributed by atoms with Crippen LogP contribution in [0.15, 0.2) is 48.6 Å². The van der Waals surface area contributed by atoms with Gasteiger partial charge in [0.2, 0.25) is 0 Å². The number of halogens is 1. The topological polar surface area (TPSA) is 58.6 Å². The Bertz CT molecular complexity index is 1250. The molecule has 1 amide bonds. The van der Waals surface area contributed by atoms with Gasteiger partial charge in [-0.3, -0.25) is 9.52 Å². The molecule has 7 heteroatoms. The van der Waals surface area contributed by atoms with E-state index in [9.17, 15) is 9.00 Å². The number of ether oxygens (including phenoxy) is 1. The first kappa shape index (κ1) is 31.6. The standard InChI is InChI=1S/C34H47ClN2O3S/c1-6-9-11-24(8-3)30-15-12-27(30)20-37-21-28(31-16-14-29(35)18-25(31)10-7-2)22-40-33-17-13-26(19-32(33)37)34(38)36-41(39)23(4)5/h9,11,13-14,16-19,23-24,27-28,30H,6-8,10,12,15,20-22H2,1-5H3,(H,36,38)/b11-9+. The molecule has 2 aromatic rings. The Balaban J connectivity index is 1.67. The maximum absolute atomic E-state index is 13.1. The maximum atomic E-state index is 13.1. The summed E-state index contributed by atoms with van der Waals surface area (Å²) >= 11 is 6.41. The van der Waals surface area contributed by atoms with Crippen molar-refractivity contribution in [3.8, 4) is 5.75 Å². The van der Waals surface area contributed by atoms with E-state index in [4.69, 9.17) is 16.3 Å². The van der Waals surface area contributed by atoms with Gasteiger partial charge in [0.15, 0.2) is 0 Å². The summed E-state index contributed by atoms with van der Waals surface area (Å²) in [4.78, 5) is 15.5. The van der Waals surface area contributed by atoms with E-state index in [2.05, 4.69) is 54.7 Å². The largest absolute Gasteiger partial charge is 0.491 e. The van der Waals surface area contributed by atoms with Gasteiger partial charge in [0, 0.05) is 34.8 Å². The average molecular weight is 599 g/mol. The van der Waals surface area contributed by atoms with Crippen molar-refractivity contribution < 1.29 is 13.7 Å². The van der Waals surface area contributed by atoms with Gasteiger partial charge in [-0.15, -0.1) is 0 Å². The molecule has 0 aromatic heterocycles. The molecule has 5 unspecified atom stereocenters. The fraction of sp³-hybridized carbons (Fsp3) is 0.559. The van der Waals surface area contributed by atoms with Gasteiger partial charge < -0.3 is 9.64 Å². The van der Waals surface area contributed by atoms with Crippen molar-refractivity contribution in [1.82, 2.24) is 4.72 Å². The SMILES string of the molecule is CC/C=C/C(CC)C1CCC1CN1CC(c2ccc(Cl)cc2CCC)COc2ccc(C(=O)NS(=O)C(C)C)cc21. The van der Waals surface area contributed by atoms with Crippen LogP contribution in [-0.2, 0) is 17.4 Å². The lowest BCUT2D eigenvalue weighted by molar-refractivity contribution is 0.0982. The minimum Gasteiger partial charge on any atom is -0.491 e. The van der Waals surface area contributed by atoms with Gasteiger partial charge >= 0.3 is 0 Å². The lowest BCUT2D eigenvalue weighted by atomic mass is 9.66. The molecule has 0 bridgehead atoms. The normalized spacial score (nSPS) is 22.0. The number of nitrogens with zero attached hydrogens (tertiary/aromatic N) is 1.